The molecule has 0 spiro atoms. The Balaban J connectivity index is 1.64. The van der Waals surface area contributed by atoms with Crippen molar-refractivity contribution in [1.82, 2.24) is 9.80 Å². The number of aryl methyl sites for hydroxylation is 1. The van der Waals surface area contributed by atoms with Gasteiger partial charge >= 0.3 is 0 Å². The number of amides is 1. The summed E-state index contributed by atoms with van der Waals surface area (Å²) >= 11 is 0. The van der Waals surface area contributed by atoms with Crippen molar-refractivity contribution in [2.45, 2.75) is 20.0 Å². The average Bonchev–Trinajstić information content (AvgIpc) is 2.64. The normalized spacial score (nSPS) is 15.1. The molecular formula is C21H26N2O2. The molecule has 0 saturated carbocycles. The standard InChI is InChI=1S/C21H26N2O2/c1-17-6-8-18(9-7-17)15-22(2)21(24)20-5-3-4-19(14-20)16-23-10-12-25-13-11-23/h3-9,14H,10-13,15-16H2,1-2H3. The number of morpholine rings is 1. The van der Waals surface area contributed by atoms with Gasteiger partial charge in [-0.25, -0.2) is 0 Å². The van der Waals surface area contributed by atoms with Crippen LogP contribution in [0.25, 0.3) is 0 Å². The minimum absolute atomic E-state index is 0.0596. The predicted octanol–water partition coefficient (Wildman–Crippen LogP) is 3.10. The zero-order valence-corrected chi connectivity index (χ0v) is 15.1. The molecule has 0 unspecified atom stereocenters. The number of carbonyl (C=O) groups is 1. The summed E-state index contributed by atoms with van der Waals surface area (Å²) in [5.74, 6) is 0.0596. The fourth-order valence-electron chi connectivity index (χ4n) is 3.08. The monoisotopic (exact) mass is 338 g/mol. The summed E-state index contributed by atoms with van der Waals surface area (Å²) in [6.45, 7) is 7.03. The Morgan fingerprint density at radius 3 is 2.52 bits per heavy atom. The summed E-state index contributed by atoms with van der Waals surface area (Å²) in [4.78, 5) is 16.9. The van der Waals surface area contributed by atoms with Crippen molar-refractivity contribution in [2.24, 2.45) is 0 Å². The van der Waals surface area contributed by atoms with Crippen LogP contribution in [-0.2, 0) is 17.8 Å². The van der Waals surface area contributed by atoms with Gasteiger partial charge in [-0.15, -0.1) is 0 Å². The van der Waals surface area contributed by atoms with Crippen LogP contribution < -0.4 is 0 Å². The SMILES string of the molecule is Cc1ccc(CN(C)C(=O)c2cccc(CN3CCOCC3)c2)cc1. The van der Waals surface area contributed by atoms with Crippen LogP contribution in [0.4, 0.5) is 0 Å². The molecule has 1 saturated heterocycles. The maximum atomic E-state index is 12.8. The molecule has 1 aliphatic heterocycles. The Bertz CT molecular complexity index is 706. The molecule has 4 heteroatoms. The molecule has 3 rings (SSSR count). The fraction of sp³-hybridized carbons (Fsp3) is 0.381. The number of ether oxygens (including phenoxy) is 1. The lowest BCUT2D eigenvalue weighted by Gasteiger charge is -2.26. The van der Waals surface area contributed by atoms with E-state index in [2.05, 4.69) is 42.2 Å². The van der Waals surface area contributed by atoms with E-state index in [9.17, 15) is 4.79 Å². The van der Waals surface area contributed by atoms with Gasteiger partial charge in [-0.05, 0) is 30.2 Å². The zero-order valence-electron chi connectivity index (χ0n) is 15.1. The van der Waals surface area contributed by atoms with Crippen molar-refractivity contribution >= 4 is 5.91 Å². The van der Waals surface area contributed by atoms with Crippen LogP contribution in [0.5, 0.6) is 0 Å². The molecule has 2 aromatic carbocycles. The Labute approximate surface area is 150 Å². The minimum atomic E-state index is 0.0596. The van der Waals surface area contributed by atoms with Gasteiger partial charge in [-0.2, -0.15) is 0 Å². The topological polar surface area (TPSA) is 32.8 Å². The van der Waals surface area contributed by atoms with E-state index in [1.165, 1.54) is 11.1 Å². The minimum Gasteiger partial charge on any atom is -0.379 e. The van der Waals surface area contributed by atoms with Crippen LogP contribution in [0.1, 0.15) is 27.0 Å². The van der Waals surface area contributed by atoms with Gasteiger partial charge in [0.2, 0.25) is 0 Å². The van der Waals surface area contributed by atoms with Gasteiger partial charge < -0.3 is 9.64 Å². The molecule has 0 aromatic heterocycles. The highest BCUT2D eigenvalue weighted by Gasteiger charge is 2.14. The number of hydrogen-bond acceptors (Lipinski definition) is 3. The van der Waals surface area contributed by atoms with Crippen molar-refractivity contribution in [2.75, 3.05) is 33.4 Å². The van der Waals surface area contributed by atoms with Crippen molar-refractivity contribution in [1.29, 1.82) is 0 Å². The van der Waals surface area contributed by atoms with Gasteiger partial charge in [-0.1, -0.05) is 42.0 Å². The Hall–Kier alpha value is -2.17. The summed E-state index contributed by atoms with van der Waals surface area (Å²) in [5.41, 5.74) is 4.30. The lowest BCUT2D eigenvalue weighted by Crippen LogP contribution is -2.35. The molecule has 1 fully saturated rings. The quantitative estimate of drug-likeness (QED) is 0.840. The van der Waals surface area contributed by atoms with E-state index in [0.29, 0.717) is 6.54 Å². The largest absolute Gasteiger partial charge is 0.379 e. The highest BCUT2D eigenvalue weighted by atomic mass is 16.5. The van der Waals surface area contributed by atoms with E-state index in [1.807, 2.05) is 25.2 Å². The van der Waals surface area contributed by atoms with Crippen LogP contribution >= 0.6 is 0 Å². The molecule has 1 amide bonds. The number of hydrogen-bond donors (Lipinski definition) is 0. The van der Waals surface area contributed by atoms with E-state index in [1.54, 1.807) is 4.90 Å². The molecule has 1 heterocycles. The lowest BCUT2D eigenvalue weighted by atomic mass is 10.1. The molecule has 0 radical (unpaired) electrons. The third-order valence-corrected chi connectivity index (χ3v) is 4.57. The summed E-state index contributed by atoms with van der Waals surface area (Å²) in [5, 5.41) is 0. The molecule has 2 aromatic rings. The molecule has 25 heavy (non-hydrogen) atoms. The fourth-order valence-corrected chi connectivity index (χ4v) is 3.08. The van der Waals surface area contributed by atoms with Crippen LogP contribution in [0.15, 0.2) is 48.5 Å². The Kier molecular flexibility index (Phi) is 5.84. The van der Waals surface area contributed by atoms with Crippen LogP contribution in [0.3, 0.4) is 0 Å². The molecule has 132 valence electrons. The molecule has 0 bridgehead atoms. The van der Waals surface area contributed by atoms with Crippen LogP contribution in [0, 0.1) is 6.92 Å². The summed E-state index contributed by atoms with van der Waals surface area (Å²) in [6.07, 6.45) is 0. The van der Waals surface area contributed by atoms with E-state index >= 15 is 0 Å². The first kappa shape index (κ1) is 17.6. The molecule has 0 atom stereocenters. The zero-order chi connectivity index (χ0) is 17.6. The van der Waals surface area contributed by atoms with Gasteiger partial charge in [-0.3, -0.25) is 9.69 Å². The number of nitrogens with zero attached hydrogens (tertiary/aromatic N) is 2. The van der Waals surface area contributed by atoms with Crippen molar-refractivity contribution < 1.29 is 9.53 Å². The Morgan fingerprint density at radius 2 is 1.80 bits per heavy atom. The highest BCUT2D eigenvalue weighted by Crippen LogP contribution is 2.13. The first-order valence-electron chi connectivity index (χ1n) is 8.82. The summed E-state index contributed by atoms with van der Waals surface area (Å²) in [7, 11) is 1.86. The highest BCUT2D eigenvalue weighted by molar-refractivity contribution is 5.94. The number of rotatable bonds is 5. The van der Waals surface area contributed by atoms with E-state index in [0.717, 1.165) is 44.0 Å². The number of benzene rings is 2. The maximum absolute atomic E-state index is 12.8. The molecule has 1 aliphatic rings. The van der Waals surface area contributed by atoms with Crippen LogP contribution in [0.2, 0.25) is 0 Å². The second-order valence-electron chi connectivity index (χ2n) is 6.74. The molecular weight excluding hydrogens is 312 g/mol. The smallest absolute Gasteiger partial charge is 0.253 e. The molecule has 0 aliphatic carbocycles. The second-order valence-corrected chi connectivity index (χ2v) is 6.74. The average molecular weight is 338 g/mol. The lowest BCUT2D eigenvalue weighted by molar-refractivity contribution is 0.0341. The van der Waals surface area contributed by atoms with Gasteiger partial charge in [0.05, 0.1) is 13.2 Å². The third-order valence-electron chi connectivity index (χ3n) is 4.57. The summed E-state index contributed by atoms with van der Waals surface area (Å²) < 4.78 is 5.39. The van der Waals surface area contributed by atoms with Crippen molar-refractivity contribution in [3.05, 3.63) is 70.8 Å². The van der Waals surface area contributed by atoms with Gasteiger partial charge in [0.1, 0.15) is 0 Å². The van der Waals surface area contributed by atoms with E-state index in [-0.39, 0.29) is 5.91 Å². The van der Waals surface area contributed by atoms with Crippen molar-refractivity contribution in [3.63, 3.8) is 0 Å². The maximum Gasteiger partial charge on any atom is 0.253 e. The van der Waals surface area contributed by atoms with Crippen molar-refractivity contribution in [3.8, 4) is 0 Å². The summed E-state index contributed by atoms with van der Waals surface area (Å²) in [6, 6.07) is 16.3. The Morgan fingerprint density at radius 1 is 1.08 bits per heavy atom. The molecule has 4 nitrogen and oxygen atoms in total. The first-order chi connectivity index (χ1) is 12.1. The van der Waals surface area contributed by atoms with E-state index in [4.69, 9.17) is 4.74 Å². The van der Waals surface area contributed by atoms with E-state index < -0.39 is 0 Å². The third kappa shape index (κ3) is 4.91. The van der Waals surface area contributed by atoms with Gasteiger partial charge in [0, 0.05) is 38.8 Å². The first-order valence-corrected chi connectivity index (χ1v) is 8.82. The predicted molar refractivity (Wildman–Crippen MR) is 99.5 cm³/mol. The number of carbonyl (C=O) groups excluding carboxylic acids is 1. The molecule has 0 N–H and O–H groups in total. The van der Waals surface area contributed by atoms with Crippen LogP contribution in [-0.4, -0.2) is 49.1 Å². The van der Waals surface area contributed by atoms with Gasteiger partial charge in [0.15, 0.2) is 0 Å². The van der Waals surface area contributed by atoms with Gasteiger partial charge in [0.25, 0.3) is 5.91 Å². The second kappa shape index (κ2) is 8.28.